The number of carboxylic acids is 1. The summed E-state index contributed by atoms with van der Waals surface area (Å²) in [5, 5.41) is 21.4. The van der Waals surface area contributed by atoms with E-state index in [9.17, 15) is 9.90 Å². The van der Waals surface area contributed by atoms with Crippen LogP contribution in [0.3, 0.4) is 0 Å². The fourth-order valence-electron chi connectivity index (χ4n) is 1.50. The van der Waals surface area contributed by atoms with Gasteiger partial charge >= 0.3 is 5.97 Å². The number of nitrogens with zero attached hydrogens (tertiary/aromatic N) is 1. The molecule has 0 aromatic carbocycles. The van der Waals surface area contributed by atoms with Crippen molar-refractivity contribution in [2.45, 2.75) is 19.4 Å². The Balaban J connectivity index is 2.60. The molecule has 6 nitrogen and oxygen atoms in total. The zero-order valence-corrected chi connectivity index (χ0v) is 10.5. The molecule has 3 N–H and O–H groups in total. The first-order valence-corrected chi connectivity index (χ1v) is 5.66. The van der Waals surface area contributed by atoms with Crippen LogP contribution < -0.4 is 5.32 Å². The highest BCUT2D eigenvalue weighted by Crippen LogP contribution is 2.13. The van der Waals surface area contributed by atoms with Crippen molar-refractivity contribution in [1.29, 1.82) is 0 Å². The molecule has 1 atom stereocenters. The van der Waals surface area contributed by atoms with E-state index in [4.69, 9.17) is 9.84 Å². The highest BCUT2D eigenvalue weighted by molar-refractivity contribution is 5.93. The first-order valence-electron chi connectivity index (χ1n) is 5.66. The quantitative estimate of drug-likeness (QED) is 0.669. The standard InChI is InChI=1S/C12H18N2O4/c1-8-3-4-10(12(16)17)11(14-8)13-6-5-9(15)7-18-2/h3-4,9,15H,5-7H2,1-2H3,(H,13,14)(H,16,17). The van der Waals surface area contributed by atoms with Crippen LogP contribution in [-0.2, 0) is 4.74 Å². The van der Waals surface area contributed by atoms with Gasteiger partial charge in [0.2, 0.25) is 0 Å². The van der Waals surface area contributed by atoms with Gasteiger partial charge in [0.25, 0.3) is 0 Å². The van der Waals surface area contributed by atoms with E-state index in [2.05, 4.69) is 10.3 Å². The Morgan fingerprint density at radius 2 is 2.28 bits per heavy atom. The van der Waals surface area contributed by atoms with E-state index in [-0.39, 0.29) is 12.2 Å². The Bertz CT molecular complexity index is 409. The first kappa shape index (κ1) is 14.4. The Hall–Kier alpha value is -1.66. The van der Waals surface area contributed by atoms with Gasteiger partial charge in [0.1, 0.15) is 11.4 Å². The number of pyridine rings is 1. The molecule has 0 aliphatic heterocycles. The minimum atomic E-state index is -1.03. The maximum absolute atomic E-state index is 11.0. The molecule has 1 heterocycles. The Morgan fingerprint density at radius 3 is 2.89 bits per heavy atom. The van der Waals surface area contributed by atoms with Crippen LogP contribution in [0.1, 0.15) is 22.5 Å². The van der Waals surface area contributed by atoms with Crippen molar-refractivity contribution >= 4 is 11.8 Å². The van der Waals surface area contributed by atoms with E-state index in [0.717, 1.165) is 5.69 Å². The molecule has 1 rings (SSSR count). The van der Waals surface area contributed by atoms with Crippen LogP contribution >= 0.6 is 0 Å². The largest absolute Gasteiger partial charge is 0.478 e. The second-order valence-corrected chi connectivity index (χ2v) is 3.98. The molecule has 100 valence electrons. The number of aromatic carboxylic acids is 1. The molecule has 0 fully saturated rings. The molecule has 18 heavy (non-hydrogen) atoms. The lowest BCUT2D eigenvalue weighted by molar-refractivity contribution is 0.0615. The van der Waals surface area contributed by atoms with Crippen molar-refractivity contribution in [3.8, 4) is 0 Å². The highest BCUT2D eigenvalue weighted by atomic mass is 16.5. The SMILES string of the molecule is COCC(O)CCNc1nc(C)ccc1C(=O)O. The molecule has 1 aromatic rings. The van der Waals surface area contributed by atoms with Crippen molar-refractivity contribution < 1.29 is 19.7 Å². The van der Waals surface area contributed by atoms with Crippen LogP contribution in [0.5, 0.6) is 0 Å². The third kappa shape index (κ3) is 4.31. The molecule has 1 unspecified atom stereocenters. The number of hydrogen-bond donors (Lipinski definition) is 3. The zero-order valence-electron chi connectivity index (χ0n) is 10.5. The average Bonchev–Trinajstić information content (AvgIpc) is 2.29. The smallest absolute Gasteiger partial charge is 0.339 e. The number of carbonyl (C=O) groups is 1. The number of aromatic nitrogens is 1. The summed E-state index contributed by atoms with van der Waals surface area (Å²) in [6.45, 7) is 2.48. The molecule has 0 spiro atoms. The minimum Gasteiger partial charge on any atom is -0.478 e. The number of anilines is 1. The summed E-state index contributed by atoms with van der Waals surface area (Å²) in [6, 6.07) is 3.16. The fourth-order valence-corrected chi connectivity index (χ4v) is 1.50. The fraction of sp³-hybridized carbons (Fsp3) is 0.500. The van der Waals surface area contributed by atoms with E-state index in [0.29, 0.717) is 18.8 Å². The Labute approximate surface area is 106 Å². The first-order chi connectivity index (χ1) is 8.54. The van der Waals surface area contributed by atoms with Crippen molar-refractivity contribution in [1.82, 2.24) is 4.98 Å². The van der Waals surface area contributed by atoms with Gasteiger partial charge in [0, 0.05) is 19.3 Å². The zero-order chi connectivity index (χ0) is 13.5. The highest BCUT2D eigenvalue weighted by Gasteiger charge is 2.11. The molecular formula is C12H18N2O4. The number of hydrogen-bond acceptors (Lipinski definition) is 5. The van der Waals surface area contributed by atoms with E-state index in [1.54, 1.807) is 13.0 Å². The van der Waals surface area contributed by atoms with Gasteiger partial charge in [-0.05, 0) is 25.5 Å². The molecule has 0 saturated heterocycles. The monoisotopic (exact) mass is 254 g/mol. The molecular weight excluding hydrogens is 236 g/mol. The van der Waals surface area contributed by atoms with Gasteiger partial charge in [-0.1, -0.05) is 0 Å². The summed E-state index contributed by atoms with van der Waals surface area (Å²) in [5.74, 6) is -0.699. The predicted octanol–water partition coefficient (Wildman–Crippen LogP) is 0.898. The van der Waals surface area contributed by atoms with Gasteiger partial charge in [-0.15, -0.1) is 0 Å². The maximum Gasteiger partial charge on any atom is 0.339 e. The van der Waals surface area contributed by atoms with Gasteiger partial charge in [0.05, 0.1) is 12.7 Å². The number of rotatable bonds is 7. The lowest BCUT2D eigenvalue weighted by Crippen LogP contribution is -2.19. The summed E-state index contributed by atoms with van der Waals surface area (Å²) in [7, 11) is 1.52. The molecule has 0 bridgehead atoms. The second-order valence-electron chi connectivity index (χ2n) is 3.98. The normalized spacial score (nSPS) is 12.2. The number of aryl methyl sites for hydroxylation is 1. The number of methoxy groups -OCH3 is 1. The minimum absolute atomic E-state index is 0.127. The summed E-state index contributed by atoms with van der Waals surface area (Å²) in [5.41, 5.74) is 0.863. The summed E-state index contributed by atoms with van der Waals surface area (Å²) in [6.07, 6.45) is -0.108. The summed E-state index contributed by atoms with van der Waals surface area (Å²) in [4.78, 5) is 15.1. The lowest BCUT2D eigenvalue weighted by Gasteiger charge is -2.12. The topological polar surface area (TPSA) is 91.7 Å². The maximum atomic E-state index is 11.0. The third-order valence-corrected chi connectivity index (χ3v) is 2.39. The van der Waals surface area contributed by atoms with Gasteiger partial charge in [-0.25, -0.2) is 9.78 Å². The number of ether oxygens (including phenoxy) is 1. The van der Waals surface area contributed by atoms with Crippen LogP contribution in [0.4, 0.5) is 5.82 Å². The molecule has 6 heteroatoms. The third-order valence-electron chi connectivity index (χ3n) is 2.39. The molecule has 0 aliphatic carbocycles. The van der Waals surface area contributed by atoms with Crippen molar-refractivity contribution in [2.24, 2.45) is 0 Å². The van der Waals surface area contributed by atoms with E-state index < -0.39 is 12.1 Å². The predicted molar refractivity (Wildman–Crippen MR) is 66.9 cm³/mol. The molecule has 0 saturated carbocycles. The Morgan fingerprint density at radius 1 is 1.56 bits per heavy atom. The molecule has 0 radical (unpaired) electrons. The Kier molecular flexibility index (Phi) is 5.54. The number of nitrogens with one attached hydrogen (secondary N) is 1. The van der Waals surface area contributed by atoms with Crippen LogP contribution in [0.15, 0.2) is 12.1 Å². The van der Waals surface area contributed by atoms with Gasteiger partial charge < -0.3 is 20.3 Å². The van der Waals surface area contributed by atoms with Crippen LogP contribution in [0, 0.1) is 6.92 Å². The van der Waals surface area contributed by atoms with Crippen LogP contribution in [-0.4, -0.2) is 47.5 Å². The second kappa shape index (κ2) is 6.93. The van der Waals surface area contributed by atoms with E-state index >= 15 is 0 Å². The number of aliphatic hydroxyl groups excluding tert-OH is 1. The van der Waals surface area contributed by atoms with Crippen molar-refractivity contribution in [2.75, 3.05) is 25.6 Å². The number of aliphatic hydroxyl groups is 1. The summed E-state index contributed by atoms with van der Waals surface area (Å²) < 4.78 is 4.80. The van der Waals surface area contributed by atoms with Gasteiger partial charge in [-0.3, -0.25) is 0 Å². The molecule has 0 aliphatic rings. The molecule has 0 amide bonds. The van der Waals surface area contributed by atoms with Crippen molar-refractivity contribution in [3.63, 3.8) is 0 Å². The summed E-state index contributed by atoms with van der Waals surface area (Å²) >= 11 is 0. The lowest BCUT2D eigenvalue weighted by atomic mass is 10.2. The van der Waals surface area contributed by atoms with Gasteiger partial charge in [0.15, 0.2) is 0 Å². The van der Waals surface area contributed by atoms with E-state index in [1.165, 1.54) is 13.2 Å². The average molecular weight is 254 g/mol. The van der Waals surface area contributed by atoms with Crippen molar-refractivity contribution in [3.05, 3.63) is 23.4 Å². The van der Waals surface area contributed by atoms with Crippen LogP contribution in [0.25, 0.3) is 0 Å². The molecule has 1 aromatic heterocycles. The van der Waals surface area contributed by atoms with E-state index in [1.807, 2.05) is 0 Å². The number of carboxylic acid groups (broad SMARTS) is 1. The van der Waals surface area contributed by atoms with Crippen LogP contribution in [0.2, 0.25) is 0 Å². The van der Waals surface area contributed by atoms with Gasteiger partial charge in [-0.2, -0.15) is 0 Å².